The highest BCUT2D eigenvalue weighted by atomic mass is 32.2. The van der Waals surface area contributed by atoms with Gasteiger partial charge in [0.1, 0.15) is 11.2 Å². The smallest absolute Gasteiger partial charge is 0.238 e. The Kier molecular flexibility index (Phi) is 5.69. The predicted octanol–water partition coefficient (Wildman–Crippen LogP) is 5.16. The summed E-state index contributed by atoms with van der Waals surface area (Å²) in [6, 6.07) is 16.1. The van der Waals surface area contributed by atoms with Crippen molar-refractivity contribution in [1.29, 1.82) is 0 Å². The topological polar surface area (TPSA) is 49.4 Å². The van der Waals surface area contributed by atoms with Crippen LogP contribution in [0.4, 0.5) is 15.8 Å². The predicted molar refractivity (Wildman–Crippen MR) is 117 cm³/mol. The number of para-hydroxylation sites is 1. The Morgan fingerprint density at radius 1 is 1.17 bits per heavy atom. The number of carbonyl (C=O) groups is 2. The Balaban J connectivity index is 1.64. The van der Waals surface area contributed by atoms with Crippen molar-refractivity contribution in [1.82, 2.24) is 0 Å². The summed E-state index contributed by atoms with van der Waals surface area (Å²) in [5, 5.41) is 4.59. The van der Waals surface area contributed by atoms with E-state index in [-0.39, 0.29) is 23.0 Å². The van der Waals surface area contributed by atoms with Crippen molar-refractivity contribution in [3.63, 3.8) is 0 Å². The number of anilines is 2. The maximum Gasteiger partial charge on any atom is 0.238 e. The fraction of sp³-hybridized carbons (Fsp3) is 0.182. The van der Waals surface area contributed by atoms with Crippen molar-refractivity contribution in [3.05, 3.63) is 81.8 Å². The van der Waals surface area contributed by atoms with Crippen molar-refractivity contribution in [2.24, 2.45) is 0 Å². The summed E-state index contributed by atoms with van der Waals surface area (Å²) in [6.45, 7) is 1.67. The zero-order chi connectivity index (χ0) is 20.4. The van der Waals surface area contributed by atoms with Gasteiger partial charge in [-0.2, -0.15) is 0 Å². The first-order valence-corrected chi connectivity index (χ1v) is 11.1. The molecule has 1 unspecified atom stereocenters. The van der Waals surface area contributed by atoms with Gasteiger partial charge in [0.05, 0.1) is 17.9 Å². The first-order chi connectivity index (χ1) is 14.0. The third kappa shape index (κ3) is 4.06. The highest BCUT2D eigenvalue weighted by Gasteiger charge is 2.36. The number of carbonyl (C=O) groups excluding carboxylic acids is 2. The van der Waals surface area contributed by atoms with Gasteiger partial charge in [0.15, 0.2) is 0 Å². The maximum absolute atomic E-state index is 14.1. The molecule has 1 fully saturated rings. The van der Waals surface area contributed by atoms with Crippen LogP contribution in [-0.2, 0) is 16.0 Å². The molecule has 2 amide bonds. The molecule has 2 heterocycles. The molecule has 3 aromatic rings. The number of hydrogen-bond donors (Lipinski definition) is 1. The van der Waals surface area contributed by atoms with Crippen molar-refractivity contribution < 1.29 is 14.0 Å². The van der Waals surface area contributed by atoms with E-state index in [1.807, 2.05) is 41.8 Å². The molecule has 0 aliphatic carbocycles. The first-order valence-electron chi connectivity index (χ1n) is 9.14. The molecular formula is C22H19FN2O2S2. The molecule has 1 aromatic heterocycles. The minimum Gasteiger partial charge on any atom is -0.325 e. The van der Waals surface area contributed by atoms with E-state index in [9.17, 15) is 14.0 Å². The van der Waals surface area contributed by atoms with Crippen molar-refractivity contribution in [3.8, 4) is 0 Å². The second-order valence-corrected chi connectivity index (χ2v) is 8.80. The van der Waals surface area contributed by atoms with E-state index in [0.29, 0.717) is 29.1 Å². The van der Waals surface area contributed by atoms with E-state index in [1.54, 1.807) is 24.0 Å². The van der Waals surface area contributed by atoms with Crippen LogP contribution in [-0.4, -0.2) is 17.6 Å². The van der Waals surface area contributed by atoms with Gasteiger partial charge >= 0.3 is 0 Å². The van der Waals surface area contributed by atoms with Crippen LogP contribution in [0.3, 0.4) is 0 Å². The van der Waals surface area contributed by atoms with Gasteiger partial charge in [0.2, 0.25) is 11.8 Å². The molecule has 1 N–H and O–H groups in total. The van der Waals surface area contributed by atoms with Crippen LogP contribution in [0.25, 0.3) is 0 Å². The van der Waals surface area contributed by atoms with Crippen molar-refractivity contribution in [2.75, 3.05) is 16.0 Å². The lowest BCUT2D eigenvalue weighted by molar-refractivity contribution is -0.116. The number of benzene rings is 2. The van der Waals surface area contributed by atoms with Crippen LogP contribution in [0.2, 0.25) is 0 Å². The number of halogens is 1. The molecule has 1 atom stereocenters. The quantitative estimate of drug-likeness (QED) is 0.613. The Morgan fingerprint density at radius 2 is 2.00 bits per heavy atom. The van der Waals surface area contributed by atoms with E-state index in [4.69, 9.17) is 0 Å². The van der Waals surface area contributed by atoms with Gasteiger partial charge in [0.25, 0.3) is 0 Å². The fourth-order valence-corrected chi connectivity index (χ4v) is 5.27. The third-order valence-electron chi connectivity index (χ3n) is 4.78. The zero-order valence-corrected chi connectivity index (χ0v) is 17.4. The average molecular weight is 427 g/mol. The van der Waals surface area contributed by atoms with Gasteiger partial charge in [-0.1, -0.05) is 30.3 Å². The second-order valence-electron chi connectivity index (χ2n) is 6.70. The molecule has 1 aliphatic rings. The number of hydrogen-bond acceptors (Lipinski definition) is 4. The van der Waals surface area contributed by atoms with E-state index >= 15 is 0 Å². The SMILES string of the molecule is Cc1c(F)cccc1N1C(=O)CSC1c1ccccc1NC(=O)Cc1cccs1. The molecule has 0 spiro atoms. The van der Waals surface area contributed by atoms with Gasteiger partial charge in [-0.15, -0.1) is 23.1 Å². The highest BCUT2D eigenvalue weighted by Crippen LogP contribution is 2.45. The summed E-state index contributed by atoms with van der Waals surface area (Å²) in [7, 11) is 0. The zero-order valence-electron chi connectivity index (χ0n) is 15.7. The number of rotatable bonds is 5. The van der Waals surface area contributed by atoms with Gasteiger partial charge in [-0.25, -0.2) is 4.39 Å². The molecule has 4 rings (SSSR count). The lowest BCUT2D eigenvalue weighted by Gasteiger charge is -2.27. The molecule has 2 aromatic carbocycles. The molecule has 29 heavy (non-hydrogen) atoms. The lowest BCUT2D eigenvalue weighted by atomic mass is 10.1. The van der Waals surface area contributed by atoms with Gasteiger partial charge in [0, 0.05) is 21.7 Å². The van der Waals surface area contributed by atoms with Crippen molar-refractivity contribution >= 4 is 46.3 Å². The largest absolute Gasteiger partial charge is 0.325 e. The summed E-state index contributed by atoms with van der Waals surface area (Å²) in [6.07, 6.45) is 0.301. The number of nitrogens with zero attached hydrogens (tertiary/aromatic N) is 1. The Morgan fingerprint density at radius 3 is 2.79 bits per heavy atom. The van der Waals surface area contributed by atoms with Gasteiger partial charge in [-0.05, 0) is 36.6 Å². The maximum atomic E-state index is 14.1. The lowest BCUT2D eigenvalue weighted by Crippen LogP contribution is -2.29. The fourth-order valence-electron chi connectivity index (χ4n) is 3.36. The molecule has 1 saturated heterocycles. The summed E-state index contributed by atoms with van der Waals surface area (Å²) in [5.41, 5.74) is 2.49. The molecule has 0 radical (unpaired) electrons. The van der Waals surface area contributed by atoms with Crippen LogP contribution in [0.1, 0.15) is 21.4 Å². The minimum absolute atomic E-state index is 0.0755. The average Bonchev–Trinajstić information content (AvgIpc) is 3.34. The summed E-state index contributed by atoms with van der Waals surface area (Å²) in [4.78, 5) is 27.8. The second kappa shape index (κ2) is 8.39. The molecular weight excluding hydrogens is 407 g/mol. The Hall–Kier alpha value is -2.64. The summed E-state index contributed by atoms with van der Waals surface area (Å²) < 4.78 is 14.1. The van der Waals surface area contributed by atoms with Crippen molar-refractivity contribution in [2.45, 2.75) is 18.7 Å². The van der Waals surface area contributed by atoms with E-state index in [0.717, 1.165) is 10.4 Å². The molecule has 1 aliphatic heterocycles. The number of thioether (sulfide) groups is 1. The van der Waals surface area contributed by atoms with Crippen LogP contribution in [0.5, 0.6) is 0 Å². The van der Waals surface area contributed by atoms with E-state index in [2.05, 4.69) is 5.32 Å². The monoisotopic (exact) mass is 426 g/mol. The number of amides is 2. The standard InChI is InChI=1S/C22H19FN2O2S2/c1-14-17(23)8-4-10-19(14)25-21(27)13-29-22(25)16-7-2-3-9-18(16)24-20(26)12-15-6-5-11-28-15/h2-11,22H,12-13H2,1H3,(H,24,26). The number of nitrogens with one attached hydrogen (secondary N) is 1. The normalized spacial score (nSPS) is 16.3. The third-order valence-corrected chi connectivity index (χ3v) is 6.85. The van der Waals surface area contributed by atoms with Crippen LogP contribution >= 0.6 is 23.1 Å². The summed E-state index contributed by atoms with van der Waals surface area (Å²) >= 11 is 3.01. The molecule has 7 heteroatoms. The molecule has 0 saturated carbocycles. The van der Waals surface area contributed by atoms with Gasteiger partial charge in [-0.3, -0.25) is 14.5 Å². The minimum atomic E-state index is -0.344. The van der Waals surface area contributed by atoms with Crippen LogP contribution in [0.15, 0.2) is 60.0 Å². The van der Waals surface area contributed by atoms with Crippen LogP contribution < -0.4 is 10.2 Å². The van der Waals surface area contributed by atoms with Crippen LogP contribution in [0, 0.1) is 12.7 Å². The molecule has 4 nitrogen and oxygen atoms in total. The molecule has 148 valence electrons. The number of thiophene rings is 1. The Labute approximate surface area is 176 Å². The Bertz CT molecular complexity index is 1050. The summed E-state index contributed by atoms with van der Waals surface area (Å²) in [5.74, 6) is -0.224. The highest BCUT2D eigenvalue weighted by molar-refractivity contribution is 8.00. The van der Waals surface area contributed by atoms with E-state index < -0.39 is 0 Å². The van der Waals surface area contributed by atoms with Gasteiger partial charge < -0.3 is 5.32 Å². The first kappa shape index (κ1) is 19.7. The molecule has 0 bridgehead atoms. The van der Waals surface area contributed by atoms with E-state index in [1.165, 1.54) is 29.2 Å².